The van der Waals surface area contributed by atoms with E-state index in [1.165, 1.54) is 14.2 Å². The first-order valence-corrected chi connectivity index (χ1v) is 12.3. The van der Waals surface area contributed by atoms with Gasteiger partial charge in [0.15, 0.2) is 11.5 Å². The van der Waals surface area contributed by atoms with Crippen molar-refractivity contribution in [3.8, 4) is 11.3 Å². The van der Waals surface area contributed by atoms with Gasteiger partial charge in [0.25, 0.3) is 5.91 Å². The highest BCUT2D eigenvalue weighted by molar-refractivity contribution is 6.43. The Hall–Kier alpha value is -2.62. The van der Waals surface area contributed by atoms with E-state index in [2.05, 4.69) is 10.2 Å². The van der Waals surface area contributed by atoms with E-state index in [4.69, 9.17) is 38.0 Å². The first-order chi connectivity index (χ1) is 16.7. The van der Waals surface area contributed by atoms with E-state index in [0.717, 1.165) is 37.2 Å². The van der Waals surface area contributed by atoms with Gasteiger partial charge in [0.1, 0.15) is 0 Å². The lowest BCUT2D eigenvalue weighted by molar-refractivity contribution is -0.0760. The Kier molecular flexibility index (Phi) is 7.40. The molecule has 1 unspecified atom stereocenters. The summed E-state index contributed by atoms with van der Waals surface area (Å²) in [5.41, 5.74) is 1.78. The van der Waals surface area contributed by atoms with Crippen molar-refractivity contribution in [2.24, 2.45) is 5.41 Å². The summed E-state index contributed by atoms with van der Waals surface area (Å²) in [6, 6.07) is 5.20. The van der Waals surface area contributed by atoms with Crippen LogP contribution in [0.5, 0.6) is 0 Å². The van der Waals surface area contributed by atoms with Crippen molar-refractivity contribution in [1.29, 1.82) is 0 Å². The van der Waals surface area contributed by atoms with Crippen LogP contribution in [0.3, 0.4) is 0 Å². The third-order valence-electron chi connectivity index (χ3n) is 7.28. The number of aromatic nitrogens is 2. The topological polar surface area (TPSA) is 108 Å². The third-order valence-corrected chi connectivity index (χ3v) is 8.10. The summed E-state index contributed by atoms with van der Waals surface area (Å²) in [5.74, 6) is 0.0508. The molecular weight excluding hydrogens is 493 g/mol. The molecule has 4 rings (SSSR count). The van der Waals surface area contributed by atoms with Gasteiger partial charge in [0, 0.05) is 31.7 Å². The molecule has 11 heteroatoms. The number of hydroxylamine groups is 2. The maximum Gasteiger partial charge on any atom is 0.404 e. The predicted molar refractivity (Wildman–Crippen MR) is 134 cm³/mol. The SMILES string of the molecule is CON(C)C(=O)c1nc(-c2cccc(Cl)c2Cl)c(C)nc1N1CCC2(CCCC2NC(=O)O)CC1. The molecule has 2 amide bonds. The Morgan fingerprint density at radius 1 is 1.23 bits per heavy atom. The van der Waals surface area contributed by atoms with Crippen LogP contribution < -0.4 is 10.2 Å². The largest absolute Gasteiger partial charge is 0.465 e. The van der Waals surface area contributed by atoms with Gasteiger partial charge in [-0.15, -0.1) is 0 Å². The van der Waals surface area contributed by atoms with Gasteiger partial charge in [-0.2, -0.15) is 0 Å². The van der Waals surface area contributed by atoms with Gasteiger partial charge in [0.05, 0.1) is 28.5 Å². The van der Waals surface area contributed by atoms with Crippen molar-refractivity contribution in [1.82, 2.24) is 20.3 Å². The number of anilines is 1. The van der Waals surface area contributed by atoms with Crippen molar-refractivity contribution in [3.05, 3.63) is 39.6 Å². The molecule has 1 aliphatic carbocycles. The number of rotatable bonds is 5. The van der Waals surface area contributed by atoms with Crippen molar-refractivity contribution in [2.45, 2.75) is 45.1 Å². The molecule has 1 aromatic carbocycles. The summed E-state index contributed by atoms with van der Waals surface area (Å²) in [5, 5.41) is 13.8. The number of hydrogen-bond acceptors (Lipinski definition) is 6. The van der Waals surface area contributed by atoms with Crippen molar-refractivity contribution in [3.63, 3.8) is 0 Å². The molecule has 1 aromatic heterocycles. The maximum absolute atomic E-state index is 13.2. The van der Waals surface area contributed by atoms with Gasteiger partial charge in [0.2, 0.25) is 0 Å². The minimum atomic E-state index is -0.981. The molecule has 1 spiro atoms. The highest BCUT2D eigenvalue weighted by Gasteiger charge is 2.46. The summed E-state index contributed by atoms with van der Waals surface area (Å²) < 4.78 is 0. The fourth-order valence-corrected chi connectivity index (χ4v) is 5.71. The number of aryl methyl sites for hydroxylation is 1. The summed E-state index contributed by atoms with van der Waals surface area (Å²) in [7, 11) is 2.93. The zero-order chi connectivity index (χ0) is 25.3. The highest BCUT2D eigenvalue weighted by Crippen LogP contribution is 2.47. The second-order valence-electron chi connectivity index (χ2n) is 9.16. The minimum absolute atomic E-state index is 0.0527. The summed E-state index contributed by atoms with van der Waals surface area (Å²) in [6.45, 7) is 3.10. The quantitative estimate of drug-likeness (QED) is 0.544. The highest BCUT2D eigenvalue weighted by atomic mass is 35.5. The van der Waals surface area contributed by atoms with Gasteiger partial charge in [-0.3, -0.25) is 9.63 Å². The van der Waals surface area contributed by atoms with Crippen LogP contribution in [-0.2, 0) is 4.84 Å². The third kappa shape index (κ3) is 4.90. The standard InChI is InChI=1S/C24H29Cl2N5O4/c1-14-19(15-6-4-7-16(25)18(15)26)29-20(22(32)30(2)35-3)21(27-14)31-12-10-24(11-13-31)9-5-8-17(24)28-23(33)34/h4,6-7,17,28H,5,8-13H2,1-3H3,(H,33,34). The Labute approximate surface area is 214 Å². The van der Waals surface area contributed by atoms with E-state index in [1.807, 2.05) is 6.92 Å². The second kappa shape index (κ2) is 10.2. The molecule has 1 aliphatic heterocycles. The number of piperidine rings is 1. The first kappa shape index (κ1) is 25.5. The number of halogens is 2. The molecule has 0 bridgehead atoms. The number of carbonyl (C=O) groups is 2. The molecule has 1 saturated carbocycles. The van der Waals surface area contributed by atoms with E-state index in [9.17, 15) is 14.7 Å². The number of benzene rings is 1. The van der Waals surface area contributed by atoms with E-state index in [0.29, 0.717) is 45.9 Å². The number of amides is 2. The van der Waals surface area contributed by atoms with Gasteiger partial charge in [-0.25, -0.2) is 19.8 Å². The monoisotopic (exact) mass is 521 g/mol. The lowest BCUT2D eigenvalue weighted by Gasteiger charge is -2.43. The summed E-state index contributed by atoms with van der Waals surface area (Å²) >= 11 is 12.7. The maximum atomic E-state index is 13.2. The normalized spacial score (nSPS) is 19.1. The molecule has 2 heterocycles. The molecule has 2 aromatic rings. The summed E-state index contributed by atoms with van der Waals surface area (Å²) in [6.07, 6.45) is 3.46. The molecule has 188 valence electrons. The van der Waals surface area contributed by atoms with Crippen molar-refractivity contribution >= 4 is 41.0 Å². The number of nitrogens with zero attached hydrogens (tertiary/aromatic N) is 4. The Morgan fingerprint density at radius 2 is 1.94 bits per heavy atom. The molecule has 9 nitrogen and oxygen atoms in total. The van der Waals surface area contributed by atoms with Crippen LogP contribution in [0.15, 0.2) is 18.2 Å². The van der Waals surface area contributed by atoms with Gasteiger partial charge in [-0.05, 0) is 44.1 Å². The van der Waals surface area contributed by atoms with Crippen molar-refractivity contribution in [2.75, 3.05) is 32.1 Å². The molecule has 0 radical (unpaired) electrons. The number of nitrogens with one attached hydrogen (secondary N) is 1. The first-order valence-electron chi connectivity index (χ1n) is 11.6. The number of hydrogen-bond donors (Lipinski definition) is 2. The predicted octanol–water partition coefficient (Wildman–Crippen LogP) is 4.80. The molecule has 1 atom stereocenters. The van der Waals surface area contributed by atoms with E-state index >= 15 is 0 Å². The van der Waals surface area contributed by atoms with Crippen LogP contribution in [0, 0.1) is 12.3 Å². The number of carboxylic acid groups (broad SMARTS) is 1. The van der Waals surface area contributed by atoms with E-state index < -0.39 is 12.0 Å². The van der Waals surface area contributed by atoms with Crippen LogP contribution in [0.4, 0.5) is 10.6 Å². The molecular formula is C24H29Cl2N5O4. The van der Waals surface area contributed by atoms with Gasteiger partial charge in [-0.1, -0.05) is 41.8 Å². The zero-order valence-corrected chi connectivity index (χ0v) is 21.5. The average molecular weight is 522 g/mol. The minimum Gasteiger partial charge on any atom is -0.465 e. The Morgan fingerprint density at radius 3 is 2.60 bits per heavy atom. The van der Waals surface area contributed by atoms with Crippen molar-refractivity contribution < 1.29 is 19.5 Å². The van der Waals surface area contributed by atoms with Gasteiger partial charge >= 0.3 is 6.09 Å². The van der Waals surface area contributed by atoms with Gasteiger partial charge < -0.3 is 15.3 Å². The van der Waals surface area contributed by atoms with Crippen LogP contribution in [0.2, 0.25) is 10.0 Å². The van der Waals surface area contributed by atoms with E-state index in [-0.39, 0.29) is 17.2 Å². The lowest BCUT2D eigenvalue weighted by atomic mass is 9.74. The fourth-order valence-electron chi connectivity index (χ4n) is 5.32. The second-order valence-corrected chi connectivity index (χ2v) is 9.95. The molecule has 1 saturated heterocycles. The number of carbonyl (C=O) groups excluding carboxylic acids is 1. The Balaban J connectivity index is 1.70. The van der Waals surface area contributed by atoms with E-state index in [1.54, 1.807) is 18.2 Å². The van der Waals surface area contributed by atoms with Crippen LogP contribution in [0.1, 0.15) is 48.3 Å². The Bertz CT molecular complexity index is 1140. The fraction of sp³-hybridized carbons (Fsp3) is 0.500. The van der Waals surface area contributed by atoms with Crippen LogP contribution >= 0.6 is 23.2 Å². The molecule has 2 N–H and O–H groups in total. The molecule has 2 aliphatic rings. The zero-order valence-electron chi connectivity index (χ0n) is 20.0. The van der Waals surface area contributed by atoms with Crippen LogP contribution in [0.25, 0.3) is 11.3 Å². The molecule has 2 fully saturated rings. The van der Waals surface area contributed by atoms with Crippen LogP contribution in [-0.4, -0.2) is 65.4 Å². The average Bonchev–Trinajstić information content (AvgIpc) is 3.21. The molecule has 35 heavy (non-hydrogen) atoms. The lowest BCUT2D eigenvalue weighted by Crippen LogP contribution is -2.50. The smallest absolute Gasteiger partial charge is 0.404 e. The summed E-state index contributed by atoms with van der Waals surface area (Å²) in [4.78, 5) is 41.3.